The average molecular weight is 536 g/mol. The average Bonchev–Trinajstić information content (AvgIpc) is 2.78. The van der Waals surface area contributed by atoms with Gasteiger partial charge in [-0.2, -0.15) is 4.98 Å². The molecular weight excluding hydrogens is 513 g/mol. The van der Waals surface area contributed by atoms with Gasteiger partial charge in [0.15, 0.2) is 6.23 Å². The molecule has 1 aliphatic rings. The Labute approximate surface area is 177 Å². The molecule has 15 N–H and O–H groups in total. The molecule has 2 rings (SSSR count). The molecule has 0 amide bonds. The first kappa shape index (κ1) is 33.0. The lowest BCUT2D eigenvalue weighted by molar-refractivity contribution is -0.0464. The van der Waals surface area contributed by atoms with E-state index in [0.29, 0.717) is 0 Å². The normalized spacial score (nSPS) is 23.0. The summed E-state index contributed by atoms with van der Waals surface area (Å²) in [6.45, 7) is -0.373. The molecule has 4 atom stereocenters. The molecule has 2 heterocycles. The van der Waals surface area contributed by atoms with E-state index in [1.807, 2.05) is 0 Å². The highest BCUT2D eigenvalue weighted by atomic mass is 31.2. The van der Waals surface area contributed by atoms with Crippen LogP contribution in [0.2, 0.25) is 0 Å². The molecular formula is C9H23N4O16P3. The molecule has 1 aromatic heterocycles. The van der Waals surface area contributed by atoms with E-state index in [9.17, 15) is 9.90 Å². The van der Waals surface area contributed by atoms with Crippen LogP contribution in [-0.4, -0.2) is 88.7 Å². The standard InChI is InChI=1S/C9H14N4O4.3H3O4P/c10-5-1-2-13(9(16)12-5)8-6(11)7(15)4(3-14)17-8;3*1-5(2,3)4/h1-2,4,6-8,14-15H,3,11H2,(H2,10,12,16);3*(H3,1,2,3,4)/t4-,6+,7-,8-;;;/m1.../s1. The van der Waals surface area contributed by atoms with Crippen LogP contribution in [0.1, 0.15) is 6.23 Å². The van der Waals surface area contributed by atoms with Gasteiger partial charge in [0.1, 0.15) is 18.0 Å². The van der Waals surface area contributed by atoms with Gasteiger partial charge in [-0.3, -0.25) is 4.57 Å². The Morgan fingerprint density at radius 3 is 1.62 bits per heavy atom. The summed E-state index contributed by atoms with van der Waals surface area (Å²) in [6, 6.07) is 0.617. The molecule has 190 valence electrons. The second-order valence-corrected chi connectivity index (χ2v) is 8.48. The largest absolute Gasteiger partial charge is 0.466 e. The molecule has 0 unspecified atom stereocenters. The highest BCUT2D eigenvalue weighted by molar-refractivity contribution is 7.45. The minimum atomic E-state index is -4.64. The Morgan fingerprint density at radius 1 is 0.969 bits per heavy atom. The van der Waals surface area contributed by atoms with Crippen molar-refractivity contribution in [3.05, 3.63) is 22.7 Å². The van der Waals surface area contributed by atoms with Crippen molar-refractivity contribution in [1.29, 1.82) is 0 Å². The zero-order valence-electron chi connectivity index (χ0n) is 15.5. The quantitative estimate of drug-likeness (QED) is 0.157. The zero-order valence-corrected chi connectivity index (χ0v) is 18.2. The van der Waals surface area contributed by atoms with Crippen molar-refractivity contribution in [2.45, 2.75) is 24.5 Å². The second kappa shape index (κ2) is 13.5. The first-order valence-electron chi connectivity index (χ1n) is 7.44. The van der Waals surface area contributed by atoms with Gasteiger partial charge in [0.25, 0.3) is 0 Å². The molecule has 0 aliphatic carbocycles. The molecule has 32 heavy (non-hydrogen) atoms. The van der Waals surface area contributed by atoms with Crippen LogP contribution in [0, 0.1) is 0 Å². The predicted molar refractivity (Wildman–Crippen MR) is 101 cm³/mol. The summed E-state index contributed by atoms with van der Waals surface area (Å²) in [4.78, 5) is 79.8. The summed E-state index contributed by atoms with van der Waals surface area (Å²) in [5.41, 5.74) is 10.5. The van der Waals surface area contributed by atoms with Crippen molar-refractivity contribution < 1.29 is 72.7 Å². The van der Waals surface area contributed by atoms with Crippen LogP contribution >= 0.6 is 23.5 Å². The Morgan fingerprint density at radius 2 is 1.34 bits per heavy atom. The Bertz CT molecular complexity index is 821. The summed E-state index contributed by atoms with van der Waals surface area (Å²) in [6.07, 6.45) is -1.31. The zero-order chi connectivity index (χ0) is 26.1. The Balaban J connectivity index is 0. The van der Waals surface area contributed by atoms with E-state index in [0.717, 1.165) is 4.57 Å². The number of aromatic nitrogens is 2. The topological polar surface area (TPSA) is 370 Å². The summed E-state index contributed by atoms with van der Waals surface area (Å²) < 4.78 is 33.1. The lowest BCUT2D eigenvalue weighted by Gasteiger charge is -2.17. The smallest absolute Gasteiger partial charge is 0.394 e. The van der Waals surface area contributed by atoms with Gasteiger partial charge in [0, 0.05) is 6.20 Å². The number of nitrogens with two attached hydrogens (primary N) is 2. The molecule has 23 heteroatoms. The Hall–Kier alpha value is -1.15. The van der Waals surface area contributed by atoms with Crippen LogP contribution in [0.5, 0.6) is 0 Å². The third-order valence-corrected chi connectivity index (χ3v) is 2.72. The fraction of sp³-hybridized carbons (Fsp3) is 0.556. The highest BCUT2D eigenvalue weighted by Crippen LogP contribution is 2.27. The van der Waals surface area contributed by atoms with Crippen LogP contribution < -0.4 is 17.2 Å². The highest BCUT2D eigenvalue weighted by Gasteiger charge is 2.42. The van der Waals surface area contributed by atoms with Crippen LogP contribution in [0.15, 0.2) is 17.1 Å². The van der Waals surface area contributed by atoms with Gasteiger partial charge in [-0.1, -0.05) is 0 Å². The summed E-state index contributed by atoms with van der Waals surface area (Å²) in [5, 5.41) is 18.6. The van der Waals surface area contributed by atoms with E-state index in [4.69, 9.17) is 79.0 Å². The fourth-order valence-corrected chi connectivity index (χ4v) is 1.79. The molecule has 0 saturated carbocycles. The van der Waals surface area contributed by atoms with Crippen LogP contribution in [0.25, 0.3) is 0 Å². The lowest BCUT2D eigenvalue weighted by Crippen LogP contribution is -2.42. The number of aliphatic hydroxyl groups is 2. The van der Waals surface area contributed by atoms with Gasteiger partial charge < -0.3 is 70.5 Å². The van der Waals surface area contributed by atoms with E-state index in [2.05, 4.69) is 4.98 Å². The van der Waals surface area contributed by atoms with Crippen molar-refractivity contribution in [2.24, 2.45) is 5.73 Å². The number of nitrogen functional groups attached to an aromatic ring is 1. The van der Waals surface area contributed by atoms with E-state index in [1.54, 1.807) is 0 Å². The third-order valence-electron chi connectivity index (χ3n) is 2.72. The number of anilines is 1. The SMILES string of the molecule is Nc1ccn([C@@H]2O[C@H](CO)[C@@H](O)[C@@H]2N)c(=O)n1.O=P(O)(O)O.O=P(O)(O)O.O=P(O)(O)O. The molecule has 1 aliphatic heterocycles. The number of ether oxygens (including phenoxy) is 1. The number of hydrogen-bond acceptors (Lipinski definition) is 10. The van der Waals surface area contributed by atoms with E-state index in [1.165, 1.54) is 12.3 Å². The minimum absolute atomic E-state index is 0.0945. The van der Waals surface area contributed by atoms with Gasteiger partial charge >= 0.3 is 29.2 Å². The molecule has 0 bridgehead atoms. The van der Waals surface area contributed by atoms with Gasteiger partial charge in [0.05, 0.1) is 12.6 Å². The van der Waals surface area contributed by atoms with E-state index >= 15 is 0 Å². The molecule has 0 radical (unpaired) electrons. The maximum atomic E-state index is 11.6. The van der Waals surface area contributed by atoms with Crippen molar-refractivity contribution >= 4 is 29.3 Å². The van der Waals surface area contributed by atoms with E-state index in [-0.39, 0.29) is 12.4 Å². The van der Waals surface area contributed by atoms with Crippen molar-refractivity contribution in [1.82, 2.24) is 9.55 Å². The van der Waals surface area contributed by atoms with Gasteiger partial charge in [-0.25, -0.2) is 18.5 Å². The molecule has 0 spiro atoms. The second-order valence-electron chi connectivity index (χ2n) is 5.40. The van der Waals surface area contributed by atoms with E-state index < -0.39 is 53.6 Å². The summed E-state index contributed by atoms with van der Waals surface area (Å²) in [5.74, 6) is 0.0945. The van der Waals surface area contributed by atoms with Crippen molar-refractivity contribution in [2.75, 3.05) is 12.3 Å². The van der Waals surface area contributed by atoms with Gasteiger partial charge in [-0.15, -0.1) is 0 Å². The predicted octanol–water partition coefficient (Wildman–Crippen LogP) is -5.38. The number of hydrogen-bond donors (Lipinski definition) is 13. The molecule has 20 nitrogen and oxygen atoms in total. The number of nitrogens with zero attached hydrogens (tertiary/aromatic N) is 2. The monoisotopic (exact) mass is 536 g/mol. The van der Waals surface area contributed by atoms with Crippen molar-refractivity contribution in [3.63, 3.8) is 0 Å². The van der Waals surface area contributed by atoms with Crippen LogP contribution in [0.4, 0.5) is 5.82 Å². The van der Waals surface area contributed by atoms with Crippen molar-refractivity contribution in [3.8, 4) is 0 Å². The summed E-state index contributed by atoms with van der Waals surface area (Å²) in [7, 11) is -13.9. The third kappa shape index (κ3) is 19.5. The number of aliphatic hydroxyl groups excluding tert-OH is 2. The Kier molecular flexibility index (Phi) is 14.0. The fourth-order valence-electron chi connectivity index (χ4n) is 1.79. The molecule has 1 saturated heterocycles. The maximum absolute atomic E-state index is 11.6. The van der Waals surface area contributed by atoms with Crippen LogP contribution in [0.3, 0.4) is 0 Å². The lowest BCUT2D eigenvalue weighted by atomic mass is 10.1. The van der Waals surface area contributed by atoms with Crippen LogP contribution in [-0.2, 0) is 18.4 Å². The van der Waals surface area contributed by atoms with Gasteiger partial charge in [-0.05, 0) is 6.07 Å². The maximum Gasteiger partial charge on any atom is 0.466 e. The number of rotatable bonds is 2. The molecule has 1 fully saturated rings. The summed E-state index contributed by atoms with van der Waals surface area (Å²) >= 11 is 0. The number of phosphoric acid groups is 3. The van der Waals surface area contributed by atoms with Gasteiger partial charge in [0.2, 0.25) is 0 Å². The first-order valence-corrected chi connectivity index (χ1v) is 12.1. The first-order chi connectivity index (χ1) is 14.0. The molecule has 1 aromatic rings. The minimum Gasteiger partial charge on any atom is -0.394 e. The molecule has 0 aromatic carbocycles.